The Morgan fingerprint density at radius 3 is 2.67 bits per heavy atom. The molecule has 21 heavy (non-hydrogen) atoms. The molecule has 0 spiro atoms. The Morgan fingerprint density at radius 2 is 2.00 bits per heavy atom. The van der Waals surface area contributed by atoms with Crippen LogP contribution in [-0.2, 0) is 16.0 Å². The lowest BCUT2D eigenvalue weighted by molar-refractivity contribution is -0.136. The van der Waals surface area contributed by atoms with Crippen molar-refractivity contribution in [1.29, 1.82) is 0 Å². The van der Waals surface area contributed by atoms with Gasteiger partial charge in [0.25, 0.3) is 0 Å². The van der Waals surface area contributed by atoms with Gasteiger partial charge in [0.05, 0.1) is 18.6 Å². The molecule has 0 aliphatic carbocycles. The lowest BCUT2D eigenvalue weighted by atomic mass is 10.1. The minimum Gasteiger partial charge on any atom is -0.481 e. The quantitative estimate of drug-likeness (QED) is 0.888. The van der Waals surface area contributed by atoms with E-state index in [0.717, 1.165) is 12.8 Å². The van der Waals surface area contributed by atoms with Crippen molar-refractivity contribution in [3.05, 3.63) is 29.8 Å². The summed E-state index contributed by atoms with van der Waals surface area (Å²) in [5, 5.41) is 11.6. The van der Waals surface area contributed by atoms with E-state index in [1.54, 1.807) is 29.2 Å². The molecule has 2 aliphatic heterocycles. The largest absolute Gasteiger partial charge is 0.481 e. The first-order valence-electron chi connectivity index (χ1n) is 7.12. The van der Waals surface area contributed by atoms with E-state index in [2.05, 4.69) is 5.32 Å². The van der Waals surface area contributed by atoms with E-state index in [1.165, 1.54) is 0 Å². The molecule has 2 amide bonds. The first-order chi connectivity index (χ1) is 10.1. The molecule has 2 bridgehead atoms. The Hall–Kier alpha value is -2.08. The zero-order valence-corrected chi connectivity index (χ0v) is 11.6. The standard InChI is InChI=1S/C15H18N2O4/c18-14(19)7-10-2-1-3-11(6-10)16-15(20)17-8-12-4-5-13(9-17)21-12/h1-3,6,12-13H,4-5,7-9H2,(H,16,20)(H,18,19). The summed E-state index contributed by atoms with van der Waals surface area (Å²) in [5.74, 6) is -0.886. The SMILES string of the molecule is O=C(O)Cc1cccc(NC(=O)N2CC3CCC(C2)O3)c1. The summed E-state index contributed by atoms with van der Waals surface area (Å²) in [7, 11) is 0. The Labute approximate surface area is 122 Å². The molecule has 0 radical (unpaired) electrons. The Balaban J connectivity index is 1.63. The number of nitrogens with zero attached hydrogens (tertiary/aromatic N) is 1. The minimum atomic E-state index is -0.886. The number of ether oxygens (including phenoxy) is 1. The number of hydrogen-bond donors (Lipinski definition) is 2. The second-order valence-electron chi connectivity index (χ2n) is 5.56. The van der Waals surface area contributed by atoms with Gasteiger partial charge in [0.1, 0.15) is 0 Å². The van der Waals surface area contributed by atoms with Gasteiger partial charge in [0.2, 0.25) is 0 Å². The van der Waals surface area contributed by atoms with E-state index in [-0.39, 0.29) is 24.7 Å². The molecule has 2 heterocycles. The summed E-state index contributed by atoms with van der Waals surface area (Å²) in [6, 6.07) is 6.79. The number of carbonyl (C=O) groups excluding carboxylic acids is 1. The number of anilines is 1. The molecule has 2 N–H and O–H groups in total. The summed E-state index contributed by atoms with van der Waals surface area (Å²) in [6.45, 7) is 1.24. The molecule has 1 aromatic carbocycles. The minimum absolute atomic E-state index is 0.0502. The van der Waals surface area contributed by atoms with Crippen LogP contribution >= 0.6 is 0 Å². The van der Waals surface area contributed by atoms with Crippen LogP contribution in [0.2, 0.25) is 0 Å². The van der Waals surface area contributed by atoms with Gasteiger partial charge >= 0.3 is 12.0 Å². The molecule has 2 unspecified atom stereocenters. The van der Waals surface area contributed by atoms with Crippen molar-refractivity contribution in [2.45, 2.75) is 31.5 Å². The maximum Gasteiger partial charge on any atom is 0.322 e. The molecule has 2 aliphatic rings. The van der Waals surface area contributed by atoms with E-state index in [1.807, 2.05) is 0 Å². The molecule has 2 saturated heterocycles. The van der Waals surface area contributed by atoms with E-state index in [4.69, 9.17) is 9.84 Å². The maximum atomic E-state index is 12.3. The fourth-order valence-corrected chi connectivity index (χ4v) is 2.92. The number of fused-ring (bicyclic) bond motifs is 2. The van der Waals surface area contributed by atoms with Crippen LogP contribution in [0.3, 0.4) is 0 Å². The predicted octanol–water partition coefficient (Wildman–Crippen LogP) is 1.71. The molecule has 3 rings (SSSR count). The second-order valence-corrected chi connectivity index (χ2v) is 5.56. The van der Waals surface area contributed by atoms with E-state index in [9.17, 15) is 9.59 Å². The van der Waals surface area contributed by atoms with Crippen LogP contribution in [0.15, 0.2) is 24.3 Å². The zero-order valence-electron chi connectivity index (χ0n) is 11.6. The van der Waals surface area contributed by atoms with Gasteiger partial charge in [-0.1, -0.05) is 12.1 Å². The number of aliphatic carboxylic acids is 1. The van der Waals surface area contributed by atoms with Crippen molar-refractivity contribution < 1.29 is 19.4 Å². The van der Waals surface area contributed by atoms with Crippen LogP contribution in [0.4, 0.5) is 10.5 Å². The second kappa shape index (κ2) is 5.73. The fourth-order valence-electron chi connectivity index (χ4n) is 2.92. The first kappa shape index (κ1) is 13.9. The average Bonchev–Trinajstić information content (AvgIpc) is 2.77. The number of amides is 2. The Morgan fingerprint density at radius 1 is 1.29 bits per heavy atom. The third-order valence-electron chi connectivity index (χ3n) is 3.86. The van der Waals surface area contributed by atoms with Crippen LogP contribution < -0.4 is 5.32 Å². The highest BCUT2D eigenvalue weighted by Gasteiger charge is 2.35. The maximum absolute atomic E-state index is 12.3. The Bertz CT molecular complexity index is 548. The number of morpholine rings is 1. The number of carboxylic acid groups (broad SMARTS) is 1. The van der Waals surface area contributed by atoms with Crippen molar-refractivity contribution in [3.8, 4) is 0 Å². The van der Waals surface area contributed by atoms with E-state index in [0.29, 0.717) is 24.3 Å². The van der Waals surface area contributed by atoms with Crippen molar-refractivity contribution >= 4 is 17.7 Å². The molecule has 0 saturated carbocycles. The number of carboxylic acids is 1. The molecular formula is C15H18N2O4. The highest BCUT2D eigenvalue weighted by Crippen LogP contribution is 2.26. The predicted molar refractivity (Wildman–Crippen MR) is 76.3 cm³/mol. The first-order valence-corrected chi connectivity index (χ1v) is 7.12. The molecule has 1 aromatic rings. The molecule has 6 nitrogen and oxygen atoms in total. The summed E-state index contributed by atoms with van der Waals surface area (Å²) < 4.78 is 5.70. The lowest BCUT2D eigenvalue weighted by Gasteiger charge is -2.32. The normalized spacial score (nSPS) is 23.9. The summed E-state index contributed by atoms with van der Waals surface area (Å²) in [4.78, 5) is 24.8. The van der Waals surface area contributed by atoms with Crippen LogP contribution in [0.25, 0.3) is 0 Å². The van der Waals surface area contributed by atoms with Gasteiger partial charge < -0.3 is 20.1 Å². The van der Waals surface area contributed by atoms with E-state index < -0.39 is 5.97 Å². The van der Waals surface area contributed by atoms with Gasteiger partial charge in [-0.15, -0.1) is 0 Å². The fraction of sp³-hybridized carbons (Fsp3) is 0.467. The summed E-state index contributed by atoms with van der Waals surface area (Å²) in [6.07, 6.45) is 2.30. The highest BCUT2D eigenvalue weighted by atomic mass is 16.5. The monoisotopic (exact) mass is 290 g/mol. The molecule has 6 heteroatoms. The van der Waals surface area contributed by atoms with E-state index >= 15 is 0 Å². The topological polar surface area (TPSA) is 78.9 Å². The third-order valence-corrected chi connectivity index (χ3v) is 3.86. The zero-order chi connectivity index (χ0) is 14.8. The van der Waals surface area contributed by atoms with Crippen LogP contribution in [-0.4, -0.2) is 47.3 Å². The van der Waals surface area contributed by atoms with Crippen LogP contribution in [0, 0.1) is 0 Å². The smallest absolute Gasteiger partial charge is 0.322 e. The number of carbonyl (C=O) groups is 2. The lowest BCUT2D eigenvalue weighted by Crippen LogP contribution is -2.47. The number of hydrogen-bond acceptors (Lipinski definition) is 3. The van der Waals surface area contributed by atoms with Gasteiger partial charge in [-0.2, -0.15) is 0 Å². The summed E-state index contributed by atoms with van der Waals surface area (Å²) in [5.41, 5.74) is 1.29. The summed E-state index contributed by atoms with van der Waals surface area (Å²) >= 11 is 0. The van der Waals surface area contributed by atoms with Crippen molar-refractivity contribution in [2.75, 3.05) is 18.4 Å². The highest BCUT2D eigenvalue weighted by molar-refractivity contribution is 5.89. The molecule has 0 aromatic heterocycles. The van der Waals surface area contributed by atoms with Crippen molar-refractivity contribution in [2.24, 2.45) is 0 Å². The molecule has 112 valence electrons. The van der Waals surface area contributed by atoms with Gasteiger partial charge in [0, 0.05) is 18.8 Å². The van der Waals surface area contributed by atoms with Crippen molar-refractivity contribution in [3.63, 3.8) is 0 Å². The third kappa shape index (κ3) is 3.33. The van der Waals surface area contributed by atoms with Gasteiger partial charge in [0.15, 0.2) is 0 Å². The number of likely N-dealkylation sites (tertiary alicyclic amines) is 1. The molecule has 2 atom stereocenters. The number of benzene rings is 1. The molecular weight excluding hydrogens is 272 g/mol. The van der Waals surface area contributed by atoms with Crippen LogP contribution in [0.5, 0.6) is 0 Å². The Kier molecular flexibility index (Phi) is 3.79. The van der Waals surface area contributed by atoms with Crippen LogP contribution in [0.1, 0.15) is 18.4 Å². The molecule has 2 fully saturated rings. The van der Waals surface area contributed by atoms with Gasteiger partial charge in [-0.3, -0.25) is 4.79 Å². The van der Waals surface area contributed by atoms with Crippen molar-refractivity contribution in [1.82, 2.24) is 4.90 Å². The van der Waals surface area contributed by atoms with Gasteiger partial charge in [-0.25, -0.2) is 4.79 Å². The average molecular weight is 290 g/mol. The number of urea groups is 1. The van der Waals surface area contributed by atoms with Gasteiger partial charge in [-0.05, 0) is 30.5 Å². The number of nitrogens with one attached hydrogen (secondary N) is 1. The number of rotatable bonds is 3.